The number of aromatic hydroxyl groups is 1. The standard InChI is InChI=1S/C66H108N16O26/c1-7-34(6)53(65(106)74-40(19-21-50(91)92)58(99)78-45(29-84)62(103)76-43(26-51(93)94)61(102)81-52(33(4)5)66(107)108)82-64(105)47(31-86)80-63(104)46(30-85)79-59(100)41(24-32(2)3)75-56(97)38(13-9-11-23-68)72-57(98)39(18-20-49(89)90)73-60(101)42(25-35-14-16-36(87)17-15-35)71-48(88)27-70-55(96)44(28-83)77-54(95)37(69)12-8-10-22-67/h14-17,32-34,37-47,52-53,83-87H,7-13,18-31,67-69H2,1-6H3,(H,70,96)(H,71,88)(H,72,98)(H,73,101)(H,74,106)(H,75,97)(H,76,103)(H,77,95)(H,78,99)(H,79,100)(H,80,104)(H,81,102)(H,82,105)(H,89,90)(H,91,92)(H,93,94)(H,107,108)/t34-,37-,38-,39-,40-,41-,42-,43-,44-,45-,46-,47-,52-,53-/m0/s1. The predicted octanol–water partition coefficient (Wildman–Crippen LogP) is -8.54. The zero-order valence-corrected chi connectivity index (χ0v) is 61.1. The number of aliphatic hydroxyl groups excluding tert-OH is 4. The first-order chi connectivity index (χ1) is 50.8. The summed E-state index contributed by atoms with van der Waals surface area (Å²) in [5, 5.41) is 118. The molecule has 0 aliphatic heterocycles. The first-order valence-corrected chi connectivity index (χ1v) is 35.0. The Morgan fingerprint density at radius 3 is 1.19 bits per heavy atom. The van der Waals surface area contributed by atoms with Crippen LogP contribution in [0.15, 0.2) is 24.3 Å². The number of phenols is 1. The Morgan fingerprint density at radius 1 is 0.398 bits per heavy atom. The number of nitrogens with two attached hydrogens (primary N) is 3. The van der Waals surface area contributed by atoms with Gasteiger partial charge in [-0.05, 0) is 99.9 Å². The molecule has 14 atom stereocenters. The summed E-state index contributed by atoms with van der Waals surface area (Å²) in [5.74, 6) is -23.3. The van der Waals surface area contributed by atoms with Crippen LogP contribution in [0.4, 0.5) is 0 Å². The number of amides is 13. The van der Waals surface area contributed by atoms with E-state index in [0.717, 1.165) is 0 Å². The number of hydrogen-bond donors (Lipinski definition) is 25. The molecule has 1 aromatic carbocycles. The summed E-state index contributed by atoms with van der Waals surface area (Å²) in [6.07, 6.45) is -2.96. The van der Waals surface area contributed by atoms with Crippen molar-refractivity contribution in [3.63, 3.8) is 0 Å². The Hall–Kier alpha value is -10.3. The number of rotatable bonds is 54. The molecule has 0 saturated carbocycles. The van der Waals surface area contributed by atoms with Gasteiger partial charge in [0.15, 0.2) is 0 Å². The molecule has 42 nitrogen and oxygen atoms in total. The van der Waals surface area contributed by atoms with Gasteiger partial charge in [0.25, 0.3) is 0 Å². The van der Waals surface area contributed by atoms with E-state index in [9.17, 15) is 127 Å². The van der Waals surface area contributed by atoms with E-state index in [1.54, 1.807) is 20.8 Å². The third-order valence-corrected chi connectivity index (χ3v) is 16.5. The number of carbonyl (C=O) groups is 17. The van der Waals surface area contributed by atoms with Crippen LogP contribution in [0.3, 0.4) is 0 Å². The number of phenolic OH excluding ortho intramolecular Hbond substituents is 1. The SMILES string of the molecule is CC[C@H](C)[C@H](NC(=O)[C@H](CO)NC(=O)[C@H](CO)NC(=O)[C@H](CC(C)C)NC(=O)[C@H](CCCCN)NC(=O)[C@H](CCC(=O)O)NC(=O)[C@H](Cc1ccc(O)cc1)NC(=O)CNC(=O)[C@H](CO)NC(=O)[C@@H](N)CCCCN)C(=O)N[C@@H](CCC(=O)O)C(=O)N[C@@H](CO)C(=O)N[C@@H](CC(=O)O)C(=O)N[C@H](C(=O)O)C(C)C. The minimum absolute atomic E-state index is 0.0925. The van der Waals surface area contributed by atoms with Crippen molar-refractivity contribution in [1.82, 2.24) is 69.1 Å². The second kappa shape index (κ2) is 50.3. The van der Waals surface area contributed by atoms with Gasteiger partial charge in [-0.2, -0.15) is 0 Å². The van der Waals surface area contributed by atoms with Crippen molar-refractivity contribution in [2.75, 3.05) is 46.1 Å². The lowest BCUT2D eigenvalue weighted by molar-refractivity contribution is -0.145. The van der Waals surface area contributed by atoms with Gasteiger partial charge in [0, 0.05) is 19.3 Å². The number of benzene rings is 1. The van der Waals surface area contributed by atoms with Crippen LogP contribution in [0, 0.1) is 17.8 Å². The monoisotopic (exact) mass is 1540 g/mol. The molecular formula is C66H108N16O26. The van der Waals surface area contributed by atoms with E-state index in [4.69, 9.17) is 17.2 Å². The number of unbranched alkanes of at least 4 members (excludes halogenated alkanes) is 2. The summed E-state index contributed by atoms with van der Waals surface area (Å²) < 4.78 is 0. The van der Waals surface area contributed by atoms with E-state index in [-0.39, 0.29) is 57.2 Å². The molecule has 0 aliphatic carbocycles. The molecule has 1 aromatic rings. The molecule has 108 heavy (non-hydrogen) atoms. The molecule has 0 aromatic heterocycles. The molecule has 0 spiro atoms. The maximum atomic E-state index is 14.4. The molecule has 0 aliphatic rings. The number of carbonyl (C=O) groups excluding carboxylic acids is 13. The first-order valence-electron chi connectivity index (χ1n) is 35.0. The summed E-state index contributed by atoms with van der Waals surface area (Å²) >= 11 is 0. The van der Waals surface area contributed by atoms with Crippen LogP contribution >= 0.6 is 0 Å². The minimum atomic E-state index is -2.03. The molecule has 608 valence electrons. The van der Waals surface area contributed by atoms with Crippen LogP contribution in [0.2, 0.25) is 0 Å². The third-order valence-electron chi connectivity index (χ3n) is 16.5. The van der Waals surface area contributed by atoms with Crippen LogP contribution in [0.25, 0.3) is 0 Å². The van der Waals surface area contributed by atoms with Crippen molar-refractivity contribution in [3.05, 3.63) is 29.8 Å². The maximum absolute atomic E-state index is 14.4. The van der Waals surface area contributed by atoms with E-state index in [1.807, 2.05) is 5.32 Å². The third kappa shape index (κ3) is 35.9. The molecule has 0 bridgehead atoms. The van der Waals surface area contributed by atoms with Crippen LogP contribution in [0.1, 0.15) is 131 Å². The average molecular weight is 1540 g/mol. The zero-order chi connectivity index (χ0) is 82.1. The molecule has 1 rings (SSSR count). The fourth-order valence-corrected chi connectivity index (χ4v) is 10.1. The van der Waals surface area contributed by atoms with Gasteiger partial charge in [0.1, 0.15) is 78.3 Å². The van der Waals surface area contributed by atoms with Crippen LogP contribution in [-0.4, -0.2) is 271 Å². The number of hydrogen-bond acceptors (Lipinski definition) is 25. The highest BCUT2D eigenvalue weighted by atomic mass is 16.4. The van der Waals surface area contributed by atoms with Gasteiger partial charge < -0.3 is 132 Å². The lowest BCUT2D eigenvalue weighted by Crippen LogP contribution is -2.62. The van der Waals surface area contributed by atoms with Gasteiger partial charge in [0.2, 0.25) is 76.8 Å². The molecule has 0 fully saturated rings. The molecule has 42 heteroatoms. The van der Waals surface area contributed by atoms with E-state index < -0.39 is 262 Å². The second-order valence-electron chi connectivity index (χ2n) is 26.2. The van der Waals surface area contributed by atoms with Crippen molar-refractivity contribution >= 4 is 101 Å². The predicted molar refractivity (Wildman–Crippen MR) is 377 cm³/mol. The van der Waals surface area contributed by atoms with Crippen molar-refractivity contribution < 1.29 is 127 Å². The fraction of sp³-hybridized carbons (Fsp3) is 0.652. The first kappa shape index (κ1) is 95.7. The summed E-state index contributed by atoms with van der Waals surface area (Å²) in [6, 6.07) is -16.9. The molecule has 13 amide bonds. The second-order valence-corrected chi connectivity index (χ2v) is 26.2. The highest BCUT2D eigenvalue weighted by Crippen LogP contribution is 2.16. The number of nitrogens with one attached hydrogen (secondary N) is 13. The van der Waals surface area contributed by atoms with Gasteiger partial charge in [-0.3, -0.25) is 76.7 Å². The Kier molecular flexibility index (Phi) is 44.6. The van der Waals surface area contributed by atoms with Crippen molar-refractivity contribution in [2.24, 2.45) is 35.0 Å². The smallest absolute Gasteiger partial charge is 0.326 e. The number of aliphatic carboxylic acids is 4. The van der Waals surface area contributed by atoms with Crippen molar-refractivity contribution in [2.45, 2.75) is 210 Å². The van der Waals surface area contributed by atoms with Gasteiger partial charge >= 0.3 is 23.9 Å². The van der Waals surface area contributed by atoms with Gasteiger partial charge in [-0.15, -0.1) is 0 Å². The van der Waals surface area contributed by atoms with Crippen LogP contribution in [-0.2, 0) is 87.9 Å². The summed E-state index contributed by atoms with van der Waals surface area (Å²) in [4.78, 5) is 225. The Balaban J connectivity index is 3.51. The normalized spacial score (nSPS) is 15.0. The molecule has 0 radical (unpaired) electrons. The van der Waals surface area contributed by atoms with E-state index in [2.05, 4.69) is 63.8 Å². The number of carboxylic acid groups (broad SMARTS) is 4. The highest BCUT2D eigenvalue weighted by Gasteiger charge is 2.39. The van der Waals surface area contributed by atoms with Crippen molar-refractivity contribution in [1.29, 1.82) is 0 Å². The minimum Gasteiger partial charge on any atom is -0.508 e. The summed E-state index contributed by atoms with van der Waals surface area (Å²) in [6.45, 7) is 4.13. The quantitative estimate of drug-likeness (QED) is 0.0269. The lowest BCUT2D eigenvalue weighted by atomic mass is 9.97. The summed E-state index contributed by atoms with van der Waals surface area (Å²) in [7, 11) is 0. The maximum Gasteiger partial charge on any atom is 0.326 e. The van der Waals surface area contributed by atoms with E-state index in [1.165, 1.54) is 45.0 Å². The molecule has 0 unspecified atom stereocenters. The van der Waals surface area contributed by atoms with Gasteiger partial charge in [-0.1, -0.05) is 66.5 Å². The Labute approximate surface area is 621 Å². The highest BCUT2D eigenvalue weighted by molar-refractivity contribution is 6.00. The van der Waals surface area contributed by atoms with E-state index >= 15 is 0 Å². The fourth-order valence-electron chi connectivity index (χ4n) is 10.1. The molecule has 0 saturated heterocycles. The molecule has 28 N–H and O–H groups in total. The summed E-state index contributed by atoms with van der Waals surface area (Å²) in [5.41, 5.74) is 17.5. The molecule has 0 heterocycles. The number of carboxylic acids is 4. The topological polar surface area (TPSA) is 707 Å². The van der Waals surface area contributed by atoms with Crippen LogP contribution < -0.4 is 86.3 Å². The van der Waals surface area contributed by atoms with Gasteiger partial charge in [0.05, 0.1) is 45.4 Å². The largest absolute Gasteiger partial charge is 0.508 e. The molecular weight excluding hydrogens is 1430 g/mol. The van der Waals surface area contributed by atoms with Crippen LogP contribution in [0.5, 0.6) is 5.75 Å². The van der Waals surface area contributed by atoms with Crippen molar-refractivity contribution in [3.8, 4) is 5.75 Å². The lowest BCUT2D eigenvalue weighted by Gasteiger charge is -2.29. The van der Waals surface area contributed by atoms with E-state index in [0.29, 0.717) is 24.9 Å². The number of aliphatic hydroxyl groups is 4. The Bertz CT molecular complexity index is 3200. The zero-order valence-electron chi connectivity index (χ0n) is 61.1. The Morgan fingerprint density at radius 2 is 0.769 bits per heavy atom. The average Bonchev–Trinajstić information content (AvgIpc) is 0.855. The van der Waals surface area contributed by atoms with Gasteiger partial charge in [-0.25, -0.2) is 4.79 Å².